The van der Waals surface area contributed by atoms with Crippen LogP contribution in [0.5, 0.6) is 5.75 Å². The molecule has 0 aliphatic rings. The Bertz CT molecular complexity index is 1420. The lowest BCUT2D eigenvalue weighted by Crippen LogP contribution is -2.41. The van der Waals surface area contributed by atoms with E-state index in [-0.39, 0.29) is 25.3 Å². The minimum Gasteiger partial charge on any atom is -0.489 e. The summed E-state index contributed by atoms with van der Waals surface area (Å²) < 4.78 is 58.0. The third kappa shape index (κ3) is 8.27. The molecule has 0 fully saturated rings. The quantitative estimate of drug-likeness (QED) is 0.320. The van der Waals surface area contributed by atoms with Crippen LogP contribution in [0, 0.1) is 11.6 Å². The van der Waals surface area contributed by atoms with Crippen LogP contribution in [0.25, 0.3) is 11.1 Å². The van der Waals surface area contributed by atoms with Crippen LogP contribution in [-0.2, 0) is 21.4 Å². The van der Waals surface area contributed by atoms with Crippen molar-refractivity contribution in [2.24, 2.45) is 0 Å². The summed E-state index contributed by atoms with van der Waals surface area (Å²) in [5.74, 6) is -3.12. The predicted molar refractivity (Wildman–Crippen MR) is 141 cm³/mol. The summed E-state index contributed by atoms with van der Waals surface area (Å²) in [6, 6.07) is 15.6. The first-order valence-corrected chi connectivity index (χ1v) is 14.4. The Kier molecular flexibility index (Phi) is 9.84. The number of hydrogen-bond donors (Lipinski definition) is 2. The van der Waals surface area contributed by atoms with Crippen molar-refractivity contribution in [1.82, 2.24) is 9.62 Å². The van der Waals surface area contributed by atoms with E-state index < -0.39 is 40.1 Å². The number of carboxylic acid groups (broad SMARTS) is 1. The minimum absolute atomic E-state index is 0.107. The van der Waals surface area contributed by atoms with Crippen LogP contribution in [0.4, 0.5) is 8.78 Å². The molecule has 3 aromatic carbocycles. The number of rotatable bonds is 12. The molecule has 0 saturated heterocycles. The zero-order chi connectivity index (χ0) is 27.9. The Balaban J connectivity index is 1.69. The van der Waals surface area contributed by atoms with Crippen LogP contribution in [0.3, 0.4) is 0 Å². The second-order valence-electron chi connectivity index (χ2n) is 8.27. The van der Waals surface area contributed by atoms with Gasteiger partial charge >= 0.3 is 5.97 Å². The van der Waals surface area contributed by atoms with Crippen molar-refractivity contribution in [2.45, 2.75) is 11.5 Å². The molecule has 0 unspecified atom stereocenters. The first kappa shape index (κ1) is 29.1. The summed E-state index contributed by atoms with van der Waals surface area (Å²) in [4.78, 5) is 25.8. The average molecular weight is 565 g/mol. The highest BCUT2D eigenvalue weighted by atomic mass is 32.2. The topological polar surface area (TPSA) is 113 Å². The number of carboxylic acids is 1. The Morgan fingerprint density at radius 3 is 2.37 bits per heavy atom. The second-order valence-corrected chi connectivity index (χ2v) is 10.9. The molecule has 0 saturated carbocycles. The van der Waals surface area contributed by atoms with Gasteiger partial charge in [-0.05, 0) is 59.3 Å². The molecule has 3 aromatic rings. The van der Waals surface area contributed by atoms with Gasteiger partial charge in [0.25, 0.3) is 5.91 Å². The zero-order valence-corrected chi connectivity index (χ0v) is 22.2. The molecule has 1 amide bonds. The fraction of sp³-hybridized carbons (Fsp3) is 0.231. The fourth-order valence-electron chi connectivity index (χ4n) is 3.58. The maximum Gasteiger partial charge on any atom is 0.323 e. The van der Waals surface area contributed by atoms with Gasteiger partial charge in [-0.25, -0.2) is 21.9 Å². The van der Waals surface area contributed by atoms with E-state index in [1.54, 1.807) is 48.7 Å². The molecule has 0 atom stereocenters. The molecule has 0 aromatic heterocycles. The van der Waals surface area contributed by atoms with E-state index in [0.717, 1.165) is 23.3 Å². The van der Waals surface area contributed by atoms with E-state index in [1.165, 1.54) is 17.8 Å². The van der Waals surface area contributed by atoms with Gasteiger partial charge in [0.15, 0.2) is 11.6 Å². The van der Waals surface area contributed by atoms with E-state index in [2.05, 4.69) is 4.72 Å². The van der Waals surface area contributed by atoms with Gasteiger partial charge in [-0.2, -0.15) is 0 Å². The largest absolute Gasteiger partial charge is 0.489 e. The summed E-state index contributed by atoms with van der Waals surface area (Å²) >= 11 is 1.31. The summed E-state index contributed by atoms with van der Waals surface area (Å²) in [5, 5.41) is 9.16. The number of amides is 1. The van der Waals surface area contributed by atoms with Gasteiger partial charge in [0.1, 0.15) is 18.9 Å². The lowest BCUT2D eigenvalue weighted by molar-refractivity contribution is -0.137. The lowest BCUT2D eigenvalue weighted by Gasteiger charge is -2.21. The highest BCUT2D eigenvalue weighted by Gasteiger charge is 2.19. The van der Waals surface area contributed by atoms with Gasteiger partial charge in [-0.15, -0.1) is 11.8 Å². The van der Waals surface area contributed by atoms with Crippen LogP contribution in [0.1, 0.15) is 15.9 Å². The van der Waals surface area contributed by atoms with Gasteiger partial charge in [-0.1, -0.05) is 24.3 Å². The molecule has 38 heavy (non-hydrogen) atoms. The standard InChI is InChI=1S/C26H26F2N2O6S2/c1-37-24-14-23(28)22(27)13-21(24)18-6-8-20(9-7-18)36-16-17-4-3-5-19(12-17)26(33)30(15-25(31)32)11-10-29-38(2,34)35/h3-9,12-14,29H,10-11,15-16H2,1-2H3,(H,31,32). The number of benzene rings is 3. The van der Waals surface area contributed by atoms with Gasteiger partial charge in [0, 0.05) is 23.5 Å². The molecule has 0 heterocycles. The van der Waals surface area contributed by atoms with Gasteiger partial charge in [0.05, 0.1) is 6.26 Å². The number of carbonyl (C=O) groups excluding carboxylic acids is 1. The monoisotopic (exact) mass is 564 g/mol. The molecule has 0 spiro atoms. The highest BCUT2D eigenvalue weighted by Crippen LogP contribution is 2.33. The smallest absolute Gasteiger partial charge is 0.323 e. The number of carbonyl (C=O) groups is 2. The van der Waals surface area contributed by atoms with Crippen molar-refractivity contribution < 1.29 is 36.6 Å². The molecule has 0 aliphatic heterocycles. The van der Waals surface area contributed by atoms with E-state index in [1.807, 2.05) is 0 Å². The van der Waals surface area contributed by atoms with Crippen molar-refractivity contribution in [1.29, 1.82) is 0 Å². The average Bonchev–Trinajstić information content (AvgIpc) is 2.87. The van der Waals surface area contributed by atoms with E-state index in [4.69, 9.17) is 9.84 Å². The van der Waals surface area contributed by atoms with Crippen LogP contribution in [-0.4, -0.2) is 62.4 Å². The number of nitrogens with one attached hydrogen (secondary N) is 1. The van der Waals surface area contributed by atoms with Crippen molar-refractivity contribution in [3.63, 3.8) is 0 Å². The number of hydrogen-bond acceptors (Lipinski definition) is 6. The number of thioether (sulfide) groups is 1. The van der Waals surface area contributed by atoms with Gasteiger partial charge in [-0.3, -0.25) is 9.59 Å². The Morgan fingerprint density at radius 1 is 1.05 bits per heavy atom. The van der Waals surface area contributed by atoms with Crippen molar-refractivity contribution in [3.05, 3.63) is 83.4 Å². The van der Waals surface area contributed by atoms with Crippen molar-refractivity contribution in [2.75, 3.05) is 32.1 Å². The maximum absolute atomic E-state index is 13.8. The third-order valence-electron chi connectivity index (χ3n) is 5.35. The van der Waals surface area contributed by atoms with Crippen LogP contribution >= 0.6 is 11.8 Å². The Hall–Kier alpha value is -3.48. The number of nitrogens with zero attached hydrogens (tertiary/aromatic N) is 1. The van der Waals surface area contributed by atoms with E-state index in [9.17, 15) is 26.8 Å². The lowest BCUT2D eigenvalue weighted by atomic mass is 10.1. The number of sulfonamides is 1. The Labute approximate surface area is 223 Å². The van der Waals surface area contributed by atoms with Crippen LogP contribution in [0.2, 0.25) is 0 Å². The SMILES string of the molecule is CSc1cc(F)c(F)cc1-c1ccc(OCc2cccc(C(=O)N(CCNS(C)(=O)=O)CC(=O)O)c2)cc1. The first-order chi connectivity index (χ1) is 18.0. The van der Waals surface area contributed by atoms with Crippen LogP contribution < -0.4 is 9.46 Å². The maximum atomic E-state index is 13.8. The van der Waals surface area contributed by atoms with Crippen LogP contribution in [0.15, 0.2) is 65.6 Å². The summed E-state index contributed by atoms with van der Waals surface area (Å²) in [6.07, 6.45) is 2.75. The highest BCUT2D eigenvalue weighted by molar-refractivity contribution is 7.98. The Morgan fingerprint density at radius 2 is 1.74 bits per heavy atom. The number of halogens is 2. The normalized spacial score (nSPS) is 11.3. The molecule has 0 bridgehead atoms. The molecular weight excluding hydrogens is 538 g/mol. The van der Waals surface area contributed by atoms with E-state index >= 15 is 0 Å². The van der Waals surface area contributed by atoms with Crippen molar-refractivity contribution in [3.8, 4) is 16.9 Å². The molecule has 12 heteroatoms. The molecule has 0 radical (unpaired) electrons. The first-order valence-electron chi connectivity index (χ1n) is 11.3. The van der Waals surface area contributed by atoms with E-state index in [0.29, 0.717) is 27.3 Å². The summed E-state index contributed by atoms with van der Waals surface area (Å²) in [7, 11) is -3.49. The molecule has 3 rings (SSSR count). The summed E-state index contributed by atoms with van der Waals surface area (Å²) in [5.41, 5.74) is 2.13. The van der Waals surface area contributed by atoms with Gasteiger partial charge < -0.3 is 14.7 Å². The molecule has 0 aliphatic carbocycles. The third-order valence-corrected chi connectivity index (χ3v) is 6.85. The molecule has 202 valence electrons. The predicted octanol–water partition coefficient (Wildman–Crippen LogP) is 4.01. The second kappa shape index (κ2) is 12.9. The minimum atomic E-state index is -3.49. The van der Waals surface area contributed by atoms with Crippen molar-refractivity contribution >= 4 is 33.7 Å². The fourth-order valence-corrected chi connectivity index (χ4v) is 4.66. The number of ether oxygens (including phenoxy) is 1. The summed E-state index contributed by atoms with van der Waals surface area (Å²) in [6.45, 7) is -0.731. The number of aliphatic carboxylic acids is 1. The van der Waals surface area contributed by atoms with Gasteiger partial charge in [0.2, 0.25) is 10.0 Å². The molecule has 2 N–H and O–H groups in total. The molecular formula is C26H26F2N2O6S2. The zero-order valence-electron chi connectivity index (χ0n) is 20.6. The molecule has 8 nitrogen and oxygen atoms in total.